The van der Waals surface area contributed by atoms with Gasteiger partial charge in [0.1, 0.15) is 5.69 Å². The molecule has 1 spiro atoms. The zero-order chi connectivity index (χ0) is 16.9. The van der Waals surface area contributed by atoms with Crippen LogP contribution in [0.4, 0.5) is 5.69 Å². The van der Waals surface area contributed by atoms with E-state index in [-0.39, 0.29) is 17.2 Å². The van der Waals surface area contributed by atoms with E-state index in [4.69, 9.17) is 0 Å². The molecule has 2 amide bonds. The average molecular weight is 345 g/mol. The van der Waals surface area contributed by atoms with Gasteiger partial charge >= 0.3 is 0 Å². The first-order valence-corrected chi connectivity index (χ1v) is 8.84. The minimum atomic E-state index is -0.145. The topological polar surface area (TPSA) is 71.3 Å². The molecule has 0 bridgehead atoms. The van der Waals surface area contributed by atoms with Crippen LogP contribution in [-0.4, -0.2) is 51.1 Å². The van der Waals surface area contributed by atoms with Gasteiger partial charge in [0.2, 0.25) is 5.91 Å². The van der Waals surface area contributed by atoms with Gasteiger partial charge in [0.05, 0.1) is 16.9 Å². The zero-order valence-corrected chi connectivity index (χ0v) is 14.5. The van der Waals surface area contributed by atoms with E-state index in [0.29, 0.717) is 31.7 Å². The molecule has 126 valence electrons. The smallest absolute Gasteiger partial charge is 0.273 e. The van der Waals surface area contributed by atoms with Gasteiger partial charge in [-0.1, -0.05) is 0 Å². The molecule has 1 atom stereocenters. The van der Waals surface area contributed by atoms with Crippen LogP contribution in [0, 0.1) is 12.3 Å². The van der Waals surface area contributed by atoms with E-state index in [1.165, 1.54) is 11.3 Å². The third kappa shape index (κ3) is 2.50. The summed E-state index contributed by atoms with van der Waals surface area (Å²) in [6, 6.07) is 0. The fourth-order valence-corrected chi connectivity index (χ4v) is 4.27. The lowest BCUT2D eigenvalue weighted by Gasteiger charge is -2.23. The van der Waals surface area contributed by atoms with Crippen molar-refractivity contribution >= 4 is 28.8 Å². The van der Waals surface area contributed by atoms with E-state index in [9.17, 15) is 9.59 Å². The number of aryl methyl sites for hydroxylation is 2. The van der Waals surface area contributed by atoms with Gasteiger partial charge in [0.25, 0.3) is 5.91 Å². The summed E-state index contributed by atoms with van der Waals surface area (Å²) in [5.74, 6) is 0.0882. The highest BCUT2D eigenvalue weighted by molar-refractivity contribution is 7.09. The number of nitrogens with zero attached hydrogens (tertiary/aromatic N) is 5. The van der Waals surface area contributed by atoms with Crippen molar-refractivity contribution in [1.82, 2.24) is 19.7 Å². The molecule has 0 aliphatic carbocycles. The Morgan fingerprint density at radius 2 is 2.21 bits per heavy atom. The Hall–Kier alpha value is -2.22. The Morgan fingerprint density at radius 3 is 2.88 bits per heavy atom. The summed E-state index contributed by atoms with van der Waals surface area (Å²) in [5, 5.41) is 6.85. The quantitative estimate of drug-likeness (QED) is 0.826. The number of thiazole rings is 1. The van der Waals surface area contributed by atoms with Crippen LogP contribution in [0.25, 0.3) is 0 Å². The molecule has 7 nitrogen and oxygen atoms in total. The molecular formula is C16H19N5O2S. The van der Waals surface area contributed by atoms with Crippen molar-refractivity contribution in [2.75, 3.05) is 24.5 Å². The first kappa shape index (κ1) is 15.3. The summed E-state index contributed by atoms with van der Waals surface area (Å²) in [6.45, 7) is 3.85. The van der Waals surface area contributed by atoms with Crippen molar-refractivity contribution in [3.8, 4) is 0 Å². The van der Waals surface area contributed by atoms with Crippen molar-refractivity contribution < 1.29 is 9.59 Å². The number of aromatic nitrogens is 3. The van der Waals surface area contributed by atoms with Crippen LogP contribution < -0.4 is 4.90 Å². The van der Waals surface area contributed by atoms with Gasteiger partial charge < -0.3 is 9.80 Å². The number of likely N-dealkylation sites (tertiary alicyclic amines) is 1. The van der Waals surface area contributed by atoms with Crippen LogP contribution >= 0.6 is 11.3 Å². The minimum absolute atomic E-state index is 0.0245. The molecule has 4 heterocycles. The van der Waals surface area contributed by atoms with Gasteiger partial charge in [-0.3, -0.25) is 14.3 Å². The maximum atomic E-state index is 12.6. The lowest BCUT2D eigenvalue weighted by atomic mass is 9.86. The summed E-state index contributed by atoms with van der Waals surface area (Å²) in [5.41, 5.74) is 1.20. The van der Waals surface area contributed by atoms with E-state index in [1.807, 2.05) is 30.4 Å². The molecule has 24 heavy (non-hydrogen) atoms. The van der Waals surface area contributed by atoms with Crippen LogP contribution in [-0.2, 0) is 11.8 Å². The minimum Gasteiger partial charge on any atom is -0.337 e. The van der Waals surface area contributed by atoms with E-state index >= 15 is 0 Å². The SMILES string of the molecule is Cc1nc(C(=O)N2CCC3(CC(=O)N(c4cnn(C)c4)C3)C2)cs1. The molecule has 0 radical (unpaired) electrons. The van der Waals surface area contributed by atoms with Crippen molar-refractivity contribution in [3.05, 3.63) is 28.5 Å². The predicted molar refractivity (Wildman–Crippen MR) is 90.0 cm³/mol. The summed E-state index contributed by atoms with van der Waals surface area (Å²) in [6.07, 6.45) is 4.91. The Morgan fingerprint density at radius 1 is 1.38 bits per heavy atom. The van der Waals surface area contributed by atoms with Gasteiger partial charge in [-0.05, 0) is 13.3 Å². The normalized spacial score (nSPS) is 23.7. The molecule has 2 aliphatic rings. The number of carbonyl (C=O) groups is 2. The first-order chi connectivity index (χ1) is 11.5. The highest BCUT2D eigenvalue weighted by Gasteiger charge is 2.49. The molecule has 8 heteroatoms. The molecule has 2 fully saturated rings. The lowest BCUT2D eigenvalue weighted by molar-refractivity contribution is -0.117. The number of hydrogen-bond donors (Lipinski definition) is 0. The third-order valence-corrected chi connectivity index (χ3v) is 5.66. The van der Waals surface area contributed by atoms with Crippen LogP contribution in [0.15, 0.2) is 17.8 Å². The molecule has 4 rings (SSSR count). The van der Waals surface area contributed by atoms with Crippen LogP contribution in [0.1, 0.15) is 28.3 Å². The van der Waals surface area contributed by atoms with Crippen molar-refractivity contribution in [2.45, 2.75) is 19.8 Å². The fraction of sp³-hybridized carbons (Fsp3) is 0.500. The maximum absolute atomic E-state index is 12.6. The Kier molecular flexibility index (Phi) is 3.45. The highest BCUT2D eigenvalue weighted by atomic mass is 32.1. The number of carbonyl (C=O) groups excluding carboxylic acids is 2. The van der Waals surface area contributed by atoms with Crippen molar-refractivity contribution in [1.29, 1.82) is 0 Å². The second kappa shape index (κ2) is 5.41. The van der Waals surface area contributed by atoms with E-state index < -0.39 is 0 Å². The average Bonchev–Trinajstić information content (AvgIpc) is 3.29. The molecule has 0 N–H and O–H groups in total. The van der Waals surface area contributed by atoms with E-state index in [1.54, 1.807) is 15.8 Å². The van der Waals surface area contributed by atoms with Gasteiger partial charge in [0.15, 0.2) is 0 Å². The first-order valence-electron chi connectivity index (χ1n) is 7.96. The molecule has 2 saturated heterocycles. The molecule has 2 aromatic heterocycles. The number of rotatable bonds is 2. The highest BCUT2D eigenvalue weighted by Crippen LogP contribution is 2.42. The third-order valence-electron chi connectivity index (χ3n) is 4.89. The summed E-state index contributed by atoms with van der Waals surface area (Å²) < 4.78 is 1.70. The predicted octanol–water partition coefficient (Wildman–Crippen LogP) is 1.45. The Labute approximate surface area is 143 Å². The lowest BCUT2D eigenvalue weighted by Crippen LogP contribution is -2.34. The monoisotopic (exact) mass is 345 g/mol. The van der Waals surface area contributed by atoms with Gasteiger partial charge in [-0.2, -0.15) is 5.10 Å². The molecule has 0 aromatic carbocycles. The van der Waals surface area contributed by atoms with Crippen LogP contribution in [0.5, 0.6) is 0 Å². The van der Waals surface area contributed by atoms with Crippen molar-refractivity contribution in [3.63, 3.8) is 0 Å². The zero-order valence-electron chi connectivity index (χ0n) is 13.7. The molecular weight excluding hydrogens is 326 g/mol. The second-order valence-electron chi connectivity index (χ2n) is 6.76. The largest absolute Gasteiger partial charge is 0.337 e. The molecule has 0 saturated carbocycles. The Balaban J connectivity index is 1.50. The second-order valence-corrected chi connectivity index (χ2v) is 7.82. The number of anilines is 1. The molecule has 2 aliphatic heterocycles. The Bertz CT molecular complexity index is 813. The summed E-state index contributed by atoms with van der Waals surface area (Å²) in [4.78, 5) is 33.0. The fourth-order valence-electron chi connectivity index (χ4n) is 3.68. The van der Waals surface area contributed by atoms with Gasteiger partial charge in [-0.15, -0.1) is 11.3 Å². The maximum Gasteiger partial charge on any atom is 0.273 e. The number of amides is 2. The van der Waals surface area contributed by atoms with E-state index in [0.717, 1.165) is 17.1 Å². The summed E-state index contributed by atoms with van der Waals surface area (Å²) >= 11 is 1.49. The standard InChI is InChI=1S/C16H19N5O2S/c1-11-18-13(8-24-11)15(23)20-4-3-16(9-20)5-14(22)21(10-16)12-6-17-19(2)7-12/h6-8H,3-5,9-10H2,1-2H3. The molecule has 1 unspecified atom stereocenters. The van der Waals surface area contributed by atoms with E-state index in [2.05, 4.69) is 10.1 Å². The van der Waals surface area contributed by atoms with Crippen LogP contribution in [0.2, 0.25) is 0 Å². The van der Waals surface area contributed by atoms with Crippen molar-refractivity contribution in [2.24, 2.45) is 12.5 Å². The van der Waals surface area contributed by atoms with Crippen LogP contribution in [0.3, 0.4) is 0 Å². The van der Waals surface area contributed by atoms with Gasteiger partial charge in [-0.25, -0.2) is 4.98 Å². The summed E-state index contributed by atoms with van der Waals surface area (Å²) in [7, 11) is 1.84. The van der Waals surface area contributed by atoms with Gasteiger partial charge in [0, 0.05) is 50.1 Å². The molecule has 2 aromatic rings. The number of hydrogen-bond acceptors (Lipinski definition) is 5.